The Labute approximate surface area is 145 Å². The molecule has 25 heavy (non-hydrogen) atoms. The van der Waals surface area contributed by atoms with Crippen LogP contribution >= 0.6 is 0 Å². The zero-order chi connectivity index (χ0) is 18.6. The first-order valence-electron chi connectivity index (χ1n) is 7.67. The Morgan fingerprint density at radius 1 is 1.20 bits per heavy atom. The predicted octanol–water partition coefficient (Wildman–Crippen LogP) is 4.13. The number of rotatable bonds is 3. The van der Waals surface area contributed by atoms with Gasteiger partial charge in [0.15, 0.2) is 0 Å². The quantitative estimate of drug-likeness (QED) is 0.879. The normalized spacial score (nSPS) is 12.2. The Bertz CT molecular complexity index is 805. The highest BCUT2D eigenvalue weighted by atomic mass is 19.1. The third kappa shape index (κ3) is 5.03. The summed E-state index contributed by atoms with van der Waals surface area (Å²) in [6.07, 6.45) is -1.80. The van der Waals surface area contributed by atoms with Crippen molar-refractivity contribution >= 4 is 11.8 Å². The number of hydrogen-bond acceptors (Lipinski definition) is 4. The predicted molar refractivity (Wildman–Crippen MR) is 91.5 cm³/mol. The number of nitrogens with zero attached hydrogens (tertiary/aromatic N) is 1. The van der Waals surface area contributed by atoms with Crippen LogP contribution in [0.25, 0.3) is 0 Å². The Hall–Kier alpha value is -2.91. The molecule has 6 heteroatoms. The van der Waals surface area contributed by atoms with Crippen molar-refractivity contribution in [2.24, 2.45) is 0 Å². The van der Waals surface area contributed by atoms with Crippen molar-refractivity contribution in [3.63, 3.8) is 0 Å². The molecule has 0 aliphatic carbocycles. The number of halogens is 1. The lowest BCUT2D eigenvalue weighted by atomic mass is 10.00. The van der Waals surface area contributed by atoms with Crippen molar-refractivity contribution < 1.29 is 19.0 Å². The average Bonchev–Trinajstić information content (AvgIpc) is 2.54. The van der Waals surface area contributed by atoms with Crippen LogP contribution in [0.1, 0.15) is 43.6 Å². The summed E-state index contributed by atoms with van der Waals surface area (Å²) in [6.45, 7) is 5.11. The minimum atomic E-state index is -1.02. The molecule has 0 unspecified atom stereocenters. The number of hydrogen-bond donors (Lipinski definition) is 2. The Morgan fingerprint density at radius 3 is 2.36 bits per heavy atom. The fourth-order valence-corrected chi connectivity index (χ4v) is 2.15. The third-order valence-corrected chi connectivity index (χ3v) is 3.30. The minimum absolute atomic E-state index is 0.0838. The third-order valence-electron chi connectivity index (χ3n) is 3.30. The molecule has 0 aliphatic heterocycles. The van der Waals surface area contributed by atoms with E-state index in [2.05, 4.69) is 5.32 Å². The van der Waals surface area contributed by atoms with Crippen LogP contribution in [0.3, 0.4) is 0 Å². The second kappa shape index (κ2) is 7.32. The monoisotopic (exact) mass is 342 g/mol. The second-order valence-corrected chi connectivity index (χ2v) is 6.50. The first-order valence-corrected chi connectivity index (χ1v) is 7.67. The van der Waals surface area contributed by atoms with E-state index in [4.69, 9.17) is 10.00 Å². The molecule has 0 aromatic heterocycles. The standard InChI is InChI=1S/C19H19FN2O3/c1-19(2,3)25-18(24)22-16-10-14(8-9-15(16)20)17(23)13-6-4-12(11-21)5-7-13/h4-10,17,23H,1-3H3,(H,22,24)/t17-/m0/s1. The maximum Gasteiger partial charge on any atom is 0.412 e. The number of amides is 1. The van der Waals surface area contributed by atoms with Gasteiger partial charge in [-0.1, -0.05) is 18.2 Å². The van der Waals surface area contributed by atoms with Crippen LogP contribution in [0.2, 0.25) is 0 Å². The van der Waals surface area contributed by atoms with Crippen LogP contribution in [-0.2, 0) is 4.74 Å². The fourth-order valence-electron chi connectivity index (χ4n) is 2.15. The van der Waals surface area contributed by atoms with E-state index in [0.29, 0.717) is 16.7 Å². The Kier molecular flexibility index (Phi) is 5.40. The number of aliphatic hydroxyl groups is 1. The van der Waals surface area contributed by atoms with Crippen molar-refractivity contribution in [1.82, 2.24) is 0 Å². The fraction of sp³-hybridized carbons (Fsp3) is 0.263. The first-order chi connectivity index (χ1) is 11.7. The summed E-state index contributed by atoms with van der Waals surface area (Å²) < 4.78 is 19.0. The summed E-state index contributed by atoms with van der Waals surface area (Å²) in [5, 5.41) is 21.6. The van der Waals surface area contributed by atoms with E-state index in [0.717, 1.165) is 6.07 Å². The number of nitrogens with one attached hydrogen (secondary N) is 1. The summed E-state index contributed by atoms with van der Waals surface area (Å²) in [5.74, 6) is -0.637. The summed E-state index contributed by atoms with van der Waals surface area (Å²) in [7, 11) is 0. The van der Waals surface area contributed by atoms with Crippen molar-refractivity contribution in [3.05, 3.63) is 65.0 Å². The van der Waals surface area contributed by atoms with Gasteiger partial charge >= 0.3 is 6.09 Å². The molecular formula is C19H19FN2O3. The molecule has 130 valence electrons. The van der Waals surface area contributed by atoms with Crippen LogP contribution in [-0.4, -0.2) is 16.8 Å². The summed E-state index contributed by atoms with van der Waals surface area (Å²) in [4.78, 5) is 11.8. The molecule has 0 saturated carbocycles. The summed E-state index contributed by atoms with van der Waals surface area (Å²) in [5.41, 5.74) is 0.632. The number of carbonyl (C=O) groups is 1. The van der Waals surface area contributed by atoms with E-state index >= 15 is 0 Å². The van der Waals surface area contributed by atoms with Crippen LogP contribution in [0.4, 0.5) is 14.9 Å². The zero-order valence-electron chi connectivity index (χ0n) is 14.2. The van der Waals surface area contributed by atoms with Gasteiger partial charge in [0.25, 0.3) is 0 Å². The van der Waals surface area contributed by atoms with Crippen molar-refractivity contribution in [2.45, 2.75) is 32.5 Å². The number of ether oxygens (including phenoxy) is 1. The minimum Gasteiger partial charge on any atom is -0.444 e. The van der Waals surface area contributed by atoms with Gasteiger partial charge in [0, 0.05) is 0 Å². The maximum atomic E-state index is 13.9. The van der Waals surface area contributed by atoms with Gasteiger partial charge < -0.3 is 9.84 Å². The molecule has 1 amide bonds. The number of anilines is 1. The number of aliphatic hydroxyl groups excluding tert-OH is 1. The molecule has 2 aromatic rings. The molecule has 0 heterocycles. The van der Waals surface area contributed by atoms with E-state index in [1.165, 1.54) is 12.1 Å². The van der Waals surface area contributed by atoms with Crippen molar-refractivity contribution in [3.8, 4) is 6.07 Å². The van der Waals surface area contributed by atoms with E-state index in [1.807, 2.05) is 6.07 Å². The molecule has 0 aliphatic rings. The molecule has 5 nitrogen and oxygen atoms in total. The Morgan fingerprint density at radius 2 is 1.80 bits per heavy atom. The van der Waals surface area contributed by atoms with Gasteiger partial charge in [-0.05, 0) is 56.2 Å². The lowest BCUT2D eigenvalue weighted by molar-refractivity contribution is 0.0635. The SMILES string of the molecule is CC(C)(C)OC(=O)Nc1cc([C@@H](O)c2ccc(C#N)cc2)ccc1F. The van der Waals surface area contributed by atoms with Crippen molar-refractivity contribution in [1.29, 1.82) is 5.26 Å². The molecule has 2 rings (SSSR count). The lowest BCUT2D eigenvalue weighted by Crippen LogP contribution is -2.27. The smallest absolute Gasteiger partial charge is 0.412 e. The molecule has 0 bridgehead atoms. The topological polar surface area (TPSA) is 82.3 Å². The second-order valence-electron chi connectivity index (χ2n) is 6.50. The Balaban J connectivity index is 2.22. The largest absolute Gasteiger partial charge is 0.444 e. The van der Waals surface area contributed by atoms with Gasteiger partial charge in [0.2, 0.25) is 0 Å². The summed E-state index contributed by atoms with van der Waals surface area (Å²) in [6, 6.07) is 12.3. The summed E-state index contributed by atoms with van der Waals surface area (Å²) >= 11 is 0. The molecule has 0 spiro atoms. The van der Waals surface area contributed by atoms with Gasteiger partial charge in [-0.25, -0.2) is 9.18 Å². The number of carbonyl (C=O) groups excluding carboxylic acids is 1. The molecular weight excluding hydrogens is 323 g/mol. The zero-order valence-corrected chi connectivity index (χ0v) is 14.2. The van der Waals surface area contributed by atoms with Gasteiger partial charge in [-0.2, -0.15) is 5.26 Å². The van der Waals surface area contributed by atoms with E-state index < -0.39 is 23.6 Å². The van der Waals surface area contributed by atoms with Gasteiger partial charge in [0.05, 0.1) is 17.3 Å². The van der Waals surface area contributed by atoms with E-state index in [-0.39, 0.29) is 5.69 Å². The highest BCUT2D eigenvalue weighted by Gasteiger charge is 2.19. The lowest BCUT2D eigenvalue weighted by Gasteiger charge is -2.20. The average molecular weight is 342 g/mol. The van der Waals surface area contributed by atoms with Crippen LogP contribution in [0.15, 0.2) is 42.5 Å². The van der Waals surface area contributed by atoms with Gasteiger partial charge in [-0.15, -0.1) is 0 Å². The molecule has 1 atom stereocenters. The highest BCUT2D eigenvalue weighted by Crippen LogP contribution is 2.26. The molecule has 0 radical (unpaired) electrons. The number of benzene rings is 2. The van der Waals surface area contributed by atoms with Gasteiger partial charge in [0.1, 0.15) is 17.5 Å². The molecule has 0 fully saturated rings. The van der Waals surface area contributed by atoms with E-state index in [9.17, 15) is 14.3 Å². The molecule has 2 N–H and O–H groups in total. The van der Waals surface area contributed by atoms with Crippen LogP contribution < -0.4 is 5.32 Å². The van der Waals surface area contributed by atoms with Gasteiger partial charge in [-0.3, -0.25) is 5.32 Å². The number of nitriles is 1. The highest BCUT2D eigenvalue weighted by molar-refractivity contribution is 5.85. The first kappa shape index (κ1) is 18.4. The van der Waals surface area contributed by atoms with E-state index in [1.54, 1.807) is 45.0 Å². The van der Waals surface area contributed by atoms with Crippen LogP contribution in [0, 0.1) is 17.1 Å². The van der Waals surface area contributed by atoms with Crippen LogP contribution in [0.5, 0.6) is 0 Å². The maximum absolute atomic E-state index is 13.9. The van der Waals surface area contributed by atoms with Crippen molar-refractivity contribution in [2.75, 3.05) is 5.32 Å². The molecule has 0 saturated heterocycles. The molecule has 2 aromatic carbocycles.